The van der Waals surface area contributed by atoms with Crippen molar-refractivity contribution in [3.8, 4) is 11.6 Å². The molecule has 0 fully saturated rings. The van der Waals surface area contributed by atoms with Gasteiger partial charge in [-0.05, 0) is 35.0 Å². The van der Waals surface area contributed by atoms with E-state index < -0.39 is 5.41 Å². The van der Waals surface area contributed by atoms with E-state index in [1.807, 2.05) is 20.8 Å². The lowest BCUT2D eigenvalue weighted by Crippen LogP contribution is -2.36. The van der Waals surface area contributed by atoms with Crippen LogP contribution < -0.4 is 5.32 Å². The van der Waals surface area contributed by atoms with Crippen LogP contribution in [0.5, 0.6) is 0 Å². The standard InChI is InChI=1S/C13H16BrN3O3/c1-7(15-12(18)13(2,3)4)11-16-10(17-20-11)8-5-6-9(14)19-8/h5-7H,1-4H3,(H,15,18). The van der Waals surface area contributed by atoms with Crippen LogP contribution in [-0.2, 0) is 4.79 Å². The van der Waals surface area contributed by atoms with Crippen LogP contribution in [0.4, 0.5) is 0 Å². The zero-order valence-electron chi connectivity index (χ0n) is 11.7. The van der Waals surface area contributed by atoms with Gasteiger partial charge in [-0.3, -0.25) is 4.79 Å². The topological polar surface area (TPSA) is 81.2 Å². The summed E-state index contributed by atoms with van der Waals surface area (Å²) < 4.78 is 11.1. The number of nitrogens with zero attached hydrogens (tertiary/aromatic N) is 2. The molecule has 0 spiro atoms. The van der Waals surface area contributed by atoms with Crippen LogP contribution >= 0.6 is 15.9 Å². The largest absolute Gasteiger partial charge is 0.446 e. The van der Waals surface area contributed by atoms with Crippen LogP contribution in [0.3, 0.4) is 0 Å². The van der Waals surface area contributed by atoms with Gasteiger partial charge < -0.3 is 14.3 Å². The third-order valence-electron chi connectivity index (χ3n) is 2.63. The maximum absolute atomic E-state index is 11.9. The normalized spacial score (nSPS) is 13.2. The van der Waals surface area contributed by atoms with Crippen LogP contribution in [0, 0.1) is 5.41 Å². The van der Waals surface area contributed by atoms with Crippen LogP contribution in [-0.4, -0.2) is 16.0 Å². The lowest BCUT2D eigenvalue weighted by Gasteiger charge is -2.19. The summed E-state index contributed by atoms with van der Waals surface area (Å²) in [6.45, 7) is 7.32. The number of nitrogens with one attached hydrogen (secondary N) is 1. The Labute approximate surface area is 125 Å². The van der Waals surface area contributed by atoms with Gasteiger partial charge in [0.2, 0.25) is 17.6 Å². The first-order valence-electron chi connectivity index (χ1n) is 6.17. The predicted octanol–water partition coefficient (Wildman–Crippen LogP) is 3.32. The molecule has 2 aromatic rings. The number of carbonyl (C=O) groups is 1. The molecule has 2 rings (SSSR count). The first-order chi connectivity index (χ1) is 9.27. The maximum Gasteiger partial charge on any atom is 0.249 e. The van der Waals surface area contributed by atoms with Gasteiger partial charge in [-0.15, -0.1) is 0 Å². The Hall–Kier alpha value is -1.63. The maximum atomic E-state index is 11.9. The number of halogens is 1. The van der Waals surface area contributed by atoms with Gasteiger partial charge >= 0.3 is 0 Å². The van der Waals surface area contributed by atoms with Crippen molar-refractivity contribution in [2.45, 2.75) is 33.7 Å². The van der Waals surface area contributed by atoms with Crippen LogP contribution in [0.25, 0.3) is 11.6 Å². The average molecular weight is 342 g/mol. The fraction of sp³-hybridized carbons (Fsp3) is 0.462. The molecule has 0 aliphatic carbocycles. The van der Waals surface area contributed by atoms with Crippen molar-refractivity contribution in [1.82, 2.24) is 15.5 Å². The van der Waals surface area contributed by atoms with E-state index >= 15 is 0 Å². The molecule has 20 heavy (non-hydrogen) atoms. The summed E-state index contributed by atoms with van der Waals surface area (Å²) in [5.74, 6) is 1.11. The number of aromatic nitrogens is 2. The van der Waals surface area contributed by atoms with Crippen molar-refractivity contribution in [2.75, 3.05) is 0 Å². The minimum Gasteiger partial charge on any atom is -0.446 e. The number of amides is 1. The molecule has 0 aromatic carbocycles. The monoisotopic (exact) mass is 341 g/mol. The Balaban J connectivity index is 2.11. The van der Waals surface area contributed by atoms with Crippen LogP contribution in [0.15, 0.2) is 25.7 Å². The van der Waals surface area contributed by atoms with Crippen LogP contribution in [0.1, 0.15) is 39.6 Å². The molecule has 1 amide bonds. The zero-order valence-corrected chi connectivity index (χ0v) is 13.3. The third-order valence-corrected chi connectivity index (χ3v) is 3.06. The fourth-order valence-electron chi connectivity index (χ4n) is 1.42. The van der Waals surface area contributed by atoms with Crippen molar-refractivity contribution in [1.29, 1.82) is 0 Å². The summed E-state index contributed by atoms with van der Waals surface area (Å²) in [6.07, 6.45) is 0. The molecule has 0 radical (unpaired) electrons. The first-order valence-corrected chi connectivity index (χ1v) is 6.97. The quantitative estimate of drug-likeness (QED) is 0.925. The Bertz CT molecular complexity index is 612. The summed E-state index contributed by atoms with van der Waals surface area (Å²) in [7, 11) is 0. The van der Waals surface area contributed by atoms with Gasteiger partial charge in [0.25, 0.3) is 0 Å². The molecule has 0 aliphatic heterocycles. The molecular formula is C13H16BrN3O3. The molecule has 1 N–H and O–H groups in total. The number of hydrogen-bond donors (Lipinski definition) is 1. The van der Waals surface area contributed by atoms with Crippen molar-refractivity contribution in [3.63, 3.8) is 0 Å². The van der Waals surface area contributed by atoms with E-state index in [4.69, 9.17) is 8.94 Å². The summed E-state index contributed by atoms with van der Waals surface area (Å²) in [6, 6.07) is 3.12. The molecule has 0 aliphatic rings. The Morgan fingerprint density at radius 3 is 2.65 bits per heavy atom. The lowest BCUT2D eigenvalue weighted by molar-refractivity contribution is -0.129. The van der Waals surface area contributed by atoms with Gasteiger partial charge in [0.1, 0.15) is 6.04 Å². The fourth-order valence-corrected chi connectivity index (χ4v) is 1.73. The molecular weight excluding hydrogens is 326 g/mol. The first kappa shape index (κ1) is 14.8. The van der Waals surface area contributed by atoms with Crippen molar-refractivity contribution in [2.24, 2.45) is 5.41 Å². The minimum atomic E-state index is -0.469. The van der Waals surface area contributed by atoms with Crippen LogP contribution in [0.2, 0.25) is 0 Å². The second-order valence-electron chi connectivity index (χ2n) is 5.51. The highest BCUT2D eigenvalue weighted by atomic mass is 79.9. The van der Waals surface area contributed by atoms with Gasteiger partial charge in [-0.25, -0.2) is 0 Å². The molecule has 2 aromatic heterocycles. The highest BCUT2D eigenvalue weighted by Crippen LogP contribution is 2.24. The molecule has 1 unspecified atom stereocenters. The number of rotatable bonds is 3. The lowest BCUT2D eigenvalue weighted by atomic mass is 9.95. The predicted molar refractivity (Wildman–Crippen MR) is 75.7 cm³/mol. The summed E-state index contributed by atoms with van der Waals surface area (Å²) in [4.78, 5) is 16.1. The third kappa shape index (κ3) is 3.27. The van der Waals surface area contributed by atoms with Gasteiger partial charge in [-0.2, -0.15) is 4.98 Å². The molecule has 108 valence electrons. The number of furan rings is 1. The van der Waals surface area contributed by atoms with Gasteiger partial charge in [0.05, 0.1) is 0 Å². The average Bonchev–Trinajstić information content (AvgIpc) is 2.95. The van der Waals surface area contributed by atoms with E-state index in [-0.39, 0.29) is 11.9 Å². The van der Waals surface area contributed by atoms with Crippen molar-refractivity contribution < 1.29 is 13.7 Å². The van der Waals surface area contributed by atoms with E-state index in [1.165, 1.54) is 0 Å². The number of hydrogen-bond acceptors (Lipinski definition) is 5. The van der Waals surface area contributed by atoms with Gasteiger partial charge in [0.15, 0.2) is 10.4 Å². The highest BCUT2D eigenvalue weighted by molar-refractivity contribution is 9.10. The van der Waals surface area contributed by atoms with Crippen molar-refractivity contribution >= 4 is 21.8 Å². The number of carbonyl (C=O) groups excluding carboxylic acids is 1. The van der Waals surface area contributed by atoms with E-state index in [9.17, 15) is 4.79 Å². The second kappa shape index (κ2) is 5.40. The Morgan fingerprint density at radius 1 is 1.40 bits per heavy atom. The molecule has 0 bridgehead atoms. The van der Waals surface area contributed by atoms with E-state index in [0.29, 0.717) is 22.1 Å². The van der Waals surface area contributed by atoms with Gasteiger partial charge in [-0.1, -0.05) is 25.9 Å². The molecule has 6 nitrogen and oxygen atoms in total. The minimum absolute atomic E-state index is 0.0782. The van der Waals surface area contributed by atoms with Crippen molar-refractivity contribution in [3.05, 3.63) is 22.7 Å². The molecule has 7 heteroatoms. The molecule has 1 atom stereocenters. The molecule has 2 heterocycles. The summed E-state index contributed by atoms with van der Waals surface area (Å²) in [5, 5.41) is 6.67. The Kier molecular flexibility index (Phi) is 3.99. The summed E-state index contributed by atoms with van der Waals surface area (Å²) in [5.41, 5.74) is -0.469. The smallest absolute Gasteiger partial charge is 0.249 e. The second-order valence-corrected chi connectivity index (χ2v) is 6.29. The molecule has 0 saturated heterocycles. The zero-order chi connectivity index (χ0) is 14.9. The SMILES string of the molecule is CC(NC(=O)C(C)(C)C)c1nc(-c2ccc(Br)o2)no1. The highest BCUT2D eigenvalue weighted by Gasteiger charge is 2.25. The van der Waals surface area contributed by atoms with E-state index in [0.717, 1.165) is 0 Å². The Morgan fingerprint density at radius 2 is 2.10 bits per heavy atom. The van der Waals surface area contributed by atoms with Gasteiger partial charge in [0, 0.05) is 5.41 Å². The van der Waals surface area contributed by atoms with E-state index in [1.54, 1.807) is 19.1 Å². The van der Waals surface area contributed by atoms with E-state index in [2.05, 4.69) is 31.4 Å². The molecule has 0 saturated carbocycles. The summed E-state index contributed by atoms with van der Waals surface area (Å²) >= 11 is 3.21.